The third kappa shape index (κ3) is 4.65. The first-order valence-electron chi connectivity index (χ1n) is 9.87. The maximum atomic E-state index is 12.5. The third-order valence-electron chi connectivity index (χ3n) is 4.79. The van der Waals surface area contributed by atoms with Crippen molar-refractivity contribution in [3.05, 3.63) is 54.6 Å². The third-order valence-corrected chi connectivity index (χ3v) is 6.27. The van der Waals surface area contributed by atoms with Crippen LogP contribution in [0.1, 0.15) is 18.5 Å². The van der Waals surface area contributed by atoms with Crippen LogP contribution >= 0.6 is 0 Å². The molecule has 2 N–H and O–H groups in total. The molecule has 166 valence electrons. The number of aryl methyl sites for hydroxylation is 1. The van der Waals surface area contributed by atoms with E-state index >= 15 is 0 Å². The molecule has 1 aliphatic heterocycles. The van der Waals surface area contributed by atoms with Gasteiger partial charge in [-0.1, -0.05) is 0 Å². The fourth-order valence-corrected chi connectivity index (χ4v) is 4.24. The van der Waals surface area contributed by atoms with Gasteiger partial charge < -0.3 is 5.32 Å². The van der Waals surface area contributed by atoms with Crippen LogP contribution in [-0.2, 0) is 19.6 Å². The Bertz CT molecular complexity index is 1240. The molecule has 11 nitrogen and oxygen atoms in total. The summed E-state index contributed by atoms with van der Waals surface area (Å²) in [5.41, 5.74) is 1.23. The molecule has 1 aliphatic rings. The van der Waals surface area contributed by atoms with Gasteiger partial charge in [-0.15, -0.1) is 0 Å². The van der Waals surface area contributed by atoms with Gasteiger partial charge in [0.15, 0.2) is 5.82 Å². The van der Waals surface area contributed by atoms with Gasteiger partial charge in [-0.05, 0) is 37.3 Å². The second-order valence-corrected chi connectivity index (χ2v) is 8.87. The minimum atomic E-state index is -3.76. The number of hydrogen-bond donors (Lipinski definition) is 2. The number of rotatable bonds is 8. The SMILES string of the molecule is Cc1ccn(-c2cc(NCCNS(=O)(=O)c3ccc(N4C(=O)CCC4=O)cc3)ncn2)n1. The summed E-state index contributed by atoms with van der Waals surface area (Å²) in [6, 6.07) is 9.21. The van der Waals surface area contributed by atoms with Gasteiger partial charge in [0.2, 0.25) is 21.8 Å². The zero-order valence-corrected chi connectivity index (χ0v) is 18.0. The molecule has 0 spiro atoms. The molecule has 2 amide bonds. The van der Waals surface area contributed by atoms with Crippen molar-refractivity contribution < 1.29 is 18.0 Å². The summed E-state index contributed by atoms with van der Waals surface area (Å²) >= 11 is 0. The van der Waals surface area contributed by atoms with E-state index in [9.17, 15) is 18.0 Å². The molecule has 0 aliphatic carbocycles. The van der Waals surface area contributed by atoms with E-state index in [2.05, 4.69) is 25.1 Å². The maximum absolute atomic E-state index is 12.5. The van der Waals surface area contributed by atoms with Gasteiger partial charge in [0, 0.05) is 38.2 Å². The average Bonchev–Trinajstić information content (AvgIpc) is 3.36. The molecule has 1 saturated heterocycles. The molecular weight excluding hydrogens is 434 g/mol. The summed E-state index contributed by atoms with van der Waals surface area (Å²) in [6.45, 7) is 2.29. The number of amides is 2. The highest BCUT2D eigenvalue weighted by atomic mass is 32.2. The lowest BCUT2D eigenvalue weighted by atomic mass is 10.3. The van der Waals surface area contributed by atoms with E-state index in [0.29, 0.717) is 23.9 Å². The number of hydrogen-bond acceptors (Lipinski definition) is 8. The zero-order valence-electron chi connectivity index (χ0n) is 17.2. The molecule has 0 bridgehead atoms. The van der Waals surface area contributed by atoms with E-state index in [-0.39, 0.29) is 36.1 Å². The van der Waals surface area contributed by atoms with E-state index in [0.717, 1.165) is 10.6 Å². The number of sulfonamides is 1. The number of carbonyl (C=O) groups excluding carboxylic acids is 2. The van der Waals surface area contributed by atoms with Crippen LogP contribution in [0.15, 0.2) is 53.8 Å². The molecule has 0 atom stereocenters. The van der Waals surface area contributed by atoms with Crippen LogP contribution in [0.5, 0.6) is 0 Å². The summed E-state index contributed by atoms with van der Waals surface area (Å²) in [5.74, 6) is 0.550. The predicted molar refractivity (Wildman–Crippen MR) is 116 cm³/mol. The molecule has 12 heteroatoms. The fraction of sp³-hybridized carbons (Fsp3) is 0.250. The van der Waals surface area contributed by atoms with Gasteiger partial charge in [-0.3, -0.25) is 14.5 Å². The molecule has 1 fully saturated rings. The van der Waals surface area contributed by atoms with E-state index in [4.69, 9.17) is 0 Å². The lowest BCUT2D eigenvalue weighted by Gasteiger charge is -2.14. The molecule has 1 aromatic carbocycles. The fourth-order valence-electron chi connectivity index (χ4n) is 3.21. The van der Waals surface area contributed by atoms with Crippen LogP contribution in [0.3, 0.4) is 0 Å². The Morgan fingerprint density at radius 3 is 2.38 bits per heavy atom. The van der Waals surface area contributed by atoms with Crippen LogP contribution in [-0.4, -0.2) is 53.1 Å². The van der Waals surface area contributed by atoms with Crippen LogP contribution in [0.25, 0.3) is 5.82 Å². The minimum absolute atomic E-state index is 0.0405. The lowest BCUT2D eigenvalue weighted by molar-refractivity contribution is -0.121. The lowest BCUT2D eigenvalue weighted by Crippen LogP contribution is -2.30. The molecule has 4 rings (SSSR count). The Balaban J connectivity index is 1.33. The molecule has 3 aromatic rings. The molecular formula is C20H21N7O4S. The highest BCUT2D eigenvalue weighted by Gasteiger charge is 2.30. The number of benzene rings is 1. The number of carbonyl (C=O) groups is 2. The van der Waals surface area contributed by atoms with Gasteiger partial charge in [-0.2, -0.15) is 5.10 Å². The Morgan fingerprint density at radius 1 is 1.00 bits per heavy atom. The predicted octanol–water partition coefficient (Wildman–Crippen LogP) is 1.01. The van der Waals surface area contributed by atoms with Crippen molar-refractivity contribution in [3.63, 3.8) is 0 Å². The van der Waals surface area contributed by atoms with Gasteiger partial charge in [0.1, 0.15) is 12.1 Å². The van der Waals surface area contributed by atoms with Crippen molar-refractivity contribution in [2.75, 3.05) is 23.3 Å². The Hall–Kier alpha value is -3.64. The first kappa shape index (κ1) is 21.6. The quantitative estimate of drug-likeness (QED) is 0.379. The zero-order chi connectivity index (χ0) is 22.7. The number of nitrogens with zero attached hydrogens (tertiary/aromatic N) is 5. The van der Waals surface area contributed by atoms with Crippen molar-refractivity contribution >= 4 is 33.3 Å². The number of nitrogens with one attached hydrogen (secondary N) is 2. The number of aromatic nitrogens is 4. The number of anilines is 2. The van der Waals surface area contributed by atoms with Crippen LogP contribution in [0.4, 0.5) is 11.5 Å². The van der Waals surface area contributed by atoms with Crippen molar-refractivity contribution in [2.24, 2.45) is 0 Å². The Labute approximate surface area is 184 Å². The standard InChI is InChI=1S/C20H21N7O4S/c1-14-8-11-26(25-14)18-12-17(22-13-23-18)21-9-10-24-32(30,31)16-4-2-15(3-5-16)27-19(28)6-7-20(27)29/h2-5,8,11-13,24H,6-7,9-10H2,1H3,(H,21,22,23). The Kier molecular flexibility index (Phi) is 5.97. The van der Waals surface area contributed by atoms with E-state index in [1.807, 2.05) is 13.0 Å². The second-order valence-electron chi connectivity index (χ2n) is 7.10. The molecule has 0 unspecified atom stereocenters. The monoisotopic (exact) mass is 455 g/mol. The van der Waals surface area contributed by atoms with Crippen molar-refractivity contribution in [1.82, 2.24) is 24.5 Å². The summed E-state index contributed by atoms with van der Waals surface area (Å²) in [7, 11) is -3.76. The first-order valence-corrected chi connectivity index (χ1v) is 11.4. The summed E-state index contributed by atoms with van der Waals surface area (Å²) in [4.78, 5) is 33.0. The molecule has 2 aromatic heterocycles. The smallest absolute Gasteiger partial charge is 0.240 e. The highest BCUT2D eigenvalue weighted by molar-refractivity contribution is 7.89. The highest BCUT2D eigenvalue weighted by Crippen LogP contribution is 2.23. The second kappa shape index (κ2) is 8.85. The van der Waals surface area contributed by atoms with Gasteiger partial charge in [0.25, 0.3) is 0 Å². The van der Waals surface area contributed by atoms with Crippen LogP contribution in [0, 0.1) is 6.92 Å². The van der Waals surface area contributed by atoms with Crippen molar-refractivity contribution in [1.29, 1.82) is 0 Å². The van der Waals surface area contributed by atoms with E-state index in [1.165, 1.54) is 30.6 Å². The minimum Gasteiger partial charge on any atom is -0.369 e. The molecule has 3 heterocycles. The molecule has 0 radical (unpaired) electrons. The van der Waals surface area contributed by atoms with Gasteiger partial charge in [-0.25, -0.2) is 27.8 Å². The van der Waals surface area contributed by atoms with Crippen molar-refractivity contribution in [2.45, 2.75) is 24.7 Å². The topological polar surface area (TPSA) is 139 Å². The Morgan fingerprint density at radius 2 is 1.72 bits per heavy atom. The summed E-state index contributed by atoms with van der Waals surface area (Å²) < 4.78 is 29.2. The summed E-state index contributed by atoms with van der Waals surface area (Å²) in [5, 5.41) is 7.33. The average molecular weight is 456 g/mol. The number of imide groups is 1. The van der Waals surface area contributed by atoms with E-state index < -0.39 is 10.0 Å². The van der Waals surface area contributed by atoms with Gasteiger partial charge >= 0.3 is 0 Å². The van der Waals surface area contributed by atoms with Crippen LogP contribution < -0.4 is 14.9 Å². The first-order chi connectivity index (χ1) is 15.3. The maximum Gasteiger partial charge on any atom is 0.240 e. The van der Waals surface area contributed by atoms with E-state index in [1.54, 1.807) is 16.9 Å². The van der Waals surface area contributed by atoms with Crippen molar-refractivity contribution in [3.8, 4) is 5.82 Å². The largest absolute Gasteiger partial charge is 0.369 e. The molecule has 32 heavy (non-hydrogen) atoms. The van der Waals surface area contributed by atoms with Gasteiger partial charge in [0.05, 0.1) is 16.3 Å². The van der Waals surface area contributed by atoms with Crippen LogP contribution in [0.2, 0.25) is 0 Å². The summed E-state index contributed by atoms with van der Waals surface area (Å²) in [6.07, 6.45) is 3.53. The normalized spacial score (nSPS) is 14.2. The molecule has 0 saturated carbocycles.